The first-order valence-corrected chi connectivity index (χ1v) is 7.98. The Balaban J connectivity index is 2.03. The van der Waals surface area contributed by atoms with E-state index in [1.807, 2.05) is 6.92 Å². The number of hydrogen-bond acceptors (Lipinski definition) is 2. The zero-order chi connectivity index (χ0) is 12.5. The minimum Gasteiger partial charge on any atom is -0.379 e. The van der Waals surface area contributed by atoms with E-state index in [4.69, 9.17) is 9.47 Å². The maximum atomic E-state index is 6.32. The molecule has 17 heavy (non-hydrogen) atoms. The highest BCUT2D eigenvalue weighted by molar-refractivity contribution is 9.09. The van der Waals surface area contributed by atoms with Crippen LogP contribution in [0.25, 0.3) is 0 Å². The third-order valence-corrected chi connectivity index (χ3v) is 6.03. The molecule has 2 aliphatic rings. The van der Waals surface area contributed by atoms with E-state index in [9.17, 15) is 0 Å². The molecular weight excluding hydrogens is 280 g/mol. The zero-order valence-electron chi connectivity index (χ0n) is 11.3. The Morgan fingerprint density at radius 2 is 1.88 bits per heavy atom. The highest BCUT2D eigenvalue weighted by Gasteiger charge is 2.63. The summed E-state index contributed by atoms with van der Waals surface area (Å²) >= 11 is 3.71. The molecule has 0 aromatic carbocycles. The van der Waals surface area contributed by atoms with Gasteiger partial charge in [-0.2, -0.15) is 0 Å². The molecule has 0 aromatic rings. The molecule has 2 fully saturated rings. The van der Waals surface area contributed by atoms with Crippen molar-refractivity contribution in [3.63, 3.8) is 0 Å². The van der Waals surface area contributed by atoms with Crippen molar-refractivity contribution in [2.45, 2.75) is 45.6 Å². The zero-order valence-corrected chi connectivity index (χ0v) is 12.9. The molecule has 0 spiro atoms. The Morgan fingerprint density at radius 3 is 2.41 bits per heavy atom. The highest BCUT2D eigenvalue weighted by Crippen LogP contribution is 2.63. The number of halogens is 1. The van der Waals surface area contributed by atoms with Crippen LogP contribution in [0.2, 0.25) is 0 Å². The molecule has 3 heteroatoms. The van der Waals surface area contributed by atoms with Gasteiger partial charge in [0.05, 0.1) is 18.8 Å². The van der Waals surface area contributed by atoms with E-state index >= 15 is 0 Å². The predicted octanol–water partition coefficient (Wildman–Crippen LogP) is 3.63. The standard InChI is InChI=1S/C14H25BrO2/c1-4-16-7-8-17-14(10-15)12-6-5-11(9-12)13(14,2)3/h11-12H,4-10H2,1-3H3. The topological polar surface area (TPSA) is 18.5 Å². The molecule has 2 aliphatic carbocycles. The summed E-state index contributed by atoms with van der Waals surface area (Å²) in [5.41, 5.74) is 0.332. The second-order valence-electron chi connectivity index (χ2n) is 6.00. The number of fused-ring (bicyclic) bond motifs is 2. The van der Waals surface area contributed by atoms with Crippen LogP contribution in [-0.2, 0) is 9.47 Å². The van der Waals surface area contributed by atoms with Crippen molar-refractivity contribution in [3.05, 3.63) is 0 Å². The predicted molar refractivity (Wildman–Crippen MR) is 73.6 cm³/mol. The maximum absolute atomic E-state index is 6.32. The van der Waals surface area contributed by atoms with Crippen molar-refractivity contribution in [2.75, 3.05) is 25.2 Å². The summed E-state index contributed by atoms with van der Waals surface area (Å²) in [6.07, 6.45) is 4.09. The van der Waals surface area contributed by atoms with Gasteiger partial charge in [-0.3, -0.25) is 0 Å². The van der Waals surface area contributed by atoms with Crippen LogP contribution in [0.1, 0.15) is 40.0 Å². The van der Waals surface area contributed by atoms with Crippen LogP contribution in [0, 0.1) is 17.3 Å². The average Bonchev–Trinajstić information content (AvgIpc) is 2.85. The van der Waals surface area contributed by atoms with Crippen LogP contribution >= 0.6 is 15.9 Å². The minimum atomic E-state index is 0.0347. The fraction of sp³-hybridized carbons (Fsp3) is 1.00. The molecule has 0 aliphatic heterocycles. The minimum absolute atomic E-state index is 0.0347. The molecule has 2 rings (SSSR count). The monoisotopic (exact) mass is 304 g/mol. The molecule has 3 unspecified atom stereocenters. The molecular formula is C14H25BrO2. The Hall–Kier alpha value is 0.400. The van der Waals surface area contributed by atoms with Gasteiger partial charge in [-0.15, -0.1) is 0 Å². The second kappa shape index (κ2) is 5.18. The first-order valence-electron chi connectivity index (χ1n) is 6.86. The van der Waals surface area contributed by atoms with Crippen molar-refractivity contribution < 1.29 is 9.47 Å². The molecule has 0 saturated heterocycles. The van der Waals surface area contributed by atoms with Crippen molar-refractivity contribution in [1.82, 2.24) is 0 Å². The molecule has 0 aromatic heterocycles. The summed E-state index contributed by atoms with van der Waals surface area (Å²) < 4.78 is 11.7. The molecule has 2 bridgehead atoms. The van der Waals surface area contributed by atoms with Crippen LogP contribution in [0.3, 0.4) is 0 Å². The van der Waals surface area contributed by atoms with Crippen LogP contribution in [0.15, 0.2) is 0 Å². The number of hydrogen-bond donors (Lipinski definition) is 0. The lowest BCUT2D eigenvalue weighted by Crippen LogP contribution is -2.53. The fourth-order valence-corrected chi connectivity index (χ4v) is 5.33. The SMILES string of the molecule is CCOCCOC1(CBr)C2CCC(C2)C1(C)C. The van der Waals surface area contributed by atoms with Gasteiger partial charge in [0, 0.05) is 11.9 Å². The highest BCUT2D eigenvalue weighted by atomic mass is 79.9. The van der Waals surface area contributed by atoms with Crippen LogP contribution < -0.4 is 0 Å². The second-order valence-corrected chi connectivity index (χ2v) is 6.56. The maximum Gasteiger partial charge on any atom is 0.0861 e. The van der Waals surface area contributed by atoms with Crippen LogP contribution in [0.4, 0.5) is 0 Å². The van der Waals surface area contributed by atoms with E-state index in [0.29, 0.717) is 5.41 Å². The number of ether oxygens (including phenoxy) is 2. The molecule has 0 amide bonds. The molecule has 0 N–H and O–H groups in total. The van der Waals surface area contributed by atoms with Gasteiger partial charge in [0.15, 0.2) is 0 Å². The van der Waals surface area contributed by atoms with Gasteiger partial charge in [-0.05, 0) is 43.4 Å². The summed E-state index contributed by atoms with van der Waals surface area (Å²) in [5, 5.41) is 0.959. The lowest BCUT2D eigenvalue weighted by atomic mass is 9.66. The lowest BCUT2D eigenvalue weighted by Gasteiger charge is -2.48. The molecule has 0 heterocycles. The van der Waals surface area contributed by atoms with Gasteiger partial charge in [0.1, 0.15) is 0 Å². The Kier molecular flexibility index (Phi) is 4.21. The summed E-state index contributed by atoms with van der Waals surface area (Å²) in [6.45, 7) is 9.03. The van der Waals surface area contributed by atoms with E-state index in [2.05, 4.69) is 29.8 Å². The fourth-order valence-electron chi connectivity index (χ4n) is 3.98. The smallest absolute Gasteiger partial charge is 0.0861 e. The van der Waals surface area contributed by atoms with Crippen LogP contribution in [0.5, 0.6) is 0 Å². The third-order valence-electron chi connectivity index (χ3n) is 5.19. The molecule has 100 valence electrons. The molecule has 2 saturated carbocycles. The summed E-state index contributed by atoms with van der Waals surface area (Å²) in [5.74, 6) is 1.58. The Bertz CT molecular complexity index is 267. The molecule has 2 nitrogen and oxygen atoms in total. The first kappa shape index (κ1) is 13.8. The lowest BCUT2D eigenvalue weighted by molar-refractivity contribution is -0.146. The van der Waals surface area contributed by atoms with Gasteiger partial charge in [0.25, 0.3) is 0 Å². The average molecular weight is 305 g/mol. The quantitative estimate of drug-likeness (QED) is 0.551. The normalized spacial score (nSPS) is 38.8. The van der Waals surface area contributed by atoms with Gasteiger partial charge in [-0.1, -0.05) is 29.8 Å². The summed E-state index contributed by atoms with van der Waals surface area (Å²) in [6, 6.07) is 0. The molecule has 3 atom stereocenters. The Labute approximate surface area is 114 Å². The molecule has 0 radical (unpaired) electrons. The van der Waals surface area contributed by atoms with Gasteiger partial charge in [-0.25, -0.2) is 0 Å². The van der Waals surface area contributed by atoms with Gasteiger partial charge < -0.3 is 9.47 Å². The third kappa shape index (κ3) is 2.08. The van der Waals surface area contributed by atoms with E-state index in [-0.39, 0.29) is 5.60 Å². The van der Waals surface area contributed by atoms with Crippen LogP contribution in [-0.4, -0.2) is 30.8 Å². The summed E-state index contributed by atoms with van der Waals surface area (Å²) in [7, 11) is 0. The van der Waals surface area contributed by atoms with E-state index in [0.717, 1.165) is 37.0 Å². The Morgan fingerprint density at radius 1 is 1.18 bits per heavy atom. The van der Waals surface area contributed by atoms with E-state index < -0.39 is 0 Å². The number of alkyl halides is 1. The largest absolute Gasteiger partial charge is 0.379 e. The van der Waals surface area contributed by atoms with E-state index in [1.54, 1.807) is 0 Å². The summed E-state index contributed by atoms with van der Waals surface area (Å²) in [4.78, 5) is 0. The van der Waals surface area contributed by atoms with Crippen molar-refractivity contribution in [3.8, 4) is 0 Å². The number of rotatable bonds is 6. The van der Waals surface area contributed by atoms with Gasteiger partial charge >= 0.3 is 0 Å². The van der Waals surface area contributed by atoms with Crippen molar-refractivity contribution >= 4 is 15.9 Å². The first-order chi connectivity index (χ1) is 8.08. The van der Waals surface area contributed by atoms with Crippen molar-refractivity contribution in [1.29, 1.82) is 0 Å². The van der Waals surface area contributed by atoms with Crippen molar-refractivity contribution in [2.24, 2.45) is 17.3 Å². The van der Waals surface area contributed by atoms with E-state index in [1.165, 1.54) is 19.3 Å². The van der Waals surface area contributed by atoms with Gasteiger partial charge in [0.2, 0.25) is 0 Å².